The molecule has 0 saturated carbocycles. The van der Waals surface area contributed by atoms with Crippen molar-refractivity contribution in [3.05, 3.63) is 69.5 Å². The highest BCUT2D eigenvalue weighted by Crippen LogP contribution is 2.24. The van der Waals surface area contributed by atoms with Gasteiger partial charge in [0.05, 0.1) is 10.6 Å². The molecule has 0 spiro atoms. The van der Waals surface area contributed by atoms with E-state index in [1.165, 1.54) is 12.1 Å². The van der Waals surface area contributed by atoms with Crippen LogP contribution < -0.4 is 0 Å². The zero-order valence-electron chi connectivity index (χ0n) is 10.1. The van der Waals surface area contributed by atoms with E-state index in [-0.39, 0.29) is 11.3 Å². The summed E-state index contributed by atoms with van der Waals surface area (Å²) in [7, 11) is 0. The van der Waals surface area contributed by atoms with Crippen LogP contribution in [0.3, 0.4) is 0 Å². The van der Waals surface area contributed by atoms with Crippen molar-refractivity contribution < 1.29 is 9.18 Å². The molecule has 0 aliphatic carbocycles. The molecule has 2 rings (SSSR count). The zero-order chi connectivity index (χ0) is 13.3. The van der Waals surface area contributed by atoms with Crippen LogP contribution in [0.4, 0.5) is 4.39 Å². The third-order valence-corrected chi connectivity index (χ3v) is 3.26. The summed E-state index contributed by atoms with van der Waals surface area (Å²) in [5, 5.41) is 0.353. The summed E-state index contributed by atoms with van der Waals surface area (Å²) >= 11 is 6.06. The maximum absolute atomic E-state index is 13.6. The molecule has 0 saturated heterocycles. The molecule has 0 atom stereocenters. The second kappa shape index (κ2) is 4.91. The van der Waals surface area contributed by atoms with E-state index >= 15 is 0 Å². The lowest BCUT2D eigenvalue weighted by molar-refractivity contribution is 0.103. The summed E-state index contributed by atoms with van der Waals surface area (Å²) < 4.78 is 13.6. The molecule has 92 valence electrons. The molecular weight excluding hydrogens is 251 g/mol. The van der Waals surface area contributed by atoms with Gasteiger partial charge in [-0.2, -0.15) is 0 Å². The SMILES string of the molecule is Cc1cc(Cl)c(C(=O)c2ccccc2F)cc1C. The average molecular weight is 263 g/mol. The predicted molar refractivity (Wildman–Crippen MR) is 70.8 cm³/mol. The molecule has 3 heteroatoms. The Balaban J connectivity index is 2.53. The van der Waals surface area contributed by atoms with E-state index in [9.17, 15) is 9.18 Å². The molecule has 0 unspecified atom stereocenters. The molecule has 0 radical (unpaired) electrons. The largest absolute Gasteiger partial charge is 0.288 e. The molecule has 2 aromatic rings. The standard InChI is InChI=1S/C15H12ClFO/c1-9-7-12(13(16)8-10(9)2)15(18)11-5-3-4-6-14(11)17/h3-8H,1-2H3. The lowest BCUT2D eigenvalue weighted by Crippen LogP contribution is -2.05. The fourth-order valence-corrected chi connectivity index (χ4v) is 2.05. The Hall–Kier alpha value is -1.67. The van der Waals surface area contributed by atoms with Crippen molar-refractivity contribution in [3.63, 3.8) is 0 Å². The Morgan fingerprint density at radius 2 is 1.67 bits per heavy atom. The minimum Gasteiger partial charge on any atom is -0.288 e. The van der Waals surface area contributed by atoms with Crippen LogP contribution in [0.25, 0.3) is 0 Å². The number of ketones is 1. The number of halogens is 2. The molecule has 0 heterocycles. The number of hydrogen-bond acceptors (Lipinski definition) is 1. The minimum atomic E-state index is -0.531. The van der Waals surface area contributed by atoms with Crippen molar-refractivity contribution in [1.29, 1.82) is 0 Å². The monoisotopic (exact) mass is 262 g/mol. The van der Waals surface area contributed by atoms with Gasteiger partial charge in [0.15, 0.2) is 5.78 Å². The van der Waals surface area contributed by atoms with Crippen LogP contribution in [-0.2, 0) is 0 Å². The number of aryl methyl sites for hydroxylation is 2. The molecule has 0 aromatic heterocycles. The van der Waals surface area contributed by atoms with E-state index in [0.717, 1.165) is 11.1 Å². The van der Waals surface area contributed by atoms with Crippen LogP contribution in [0.15, 0.2) is 36.4 Å². The number of rotatable bonds is 2. The second-order valence-corrected chi connectivity index (χ2v) is 4.63. The number of carbonyl (C=O) groups is 1. The van der Waals surface area contributed by atoms with Gasteiger partial charge in [-0.05, 0) is 49.2 Å². The molecule has 18 heavy (non-hydrogen) atoms. The van der Waals surface area contributed by atoms with Gasteiger partial charge in [0, 0.05) is 5.56 Å². The highest BCUT2D eigenvalue weighted by atomic mass is 35.5. The first-order valence-electron chi connectivity index (χ1n) is 5.56. The molecule has 2 aromatic carbocycles. The number of hydrogen-bond donors (Lipinski definition) is 0. The number of benzene rings is 2. The normalized spacial score (nSPS) is 10.4. The van der Waals surface area contributed by atoms with E-state index < -0.39 is 5.82 Å². The summed E-state index contributed by atoms with van der Waals surface area (Å²) in [4.78, 5) is 12.2. The first kappa shape index (κ1) is 12.8. The van der Waals surface area contributed by atoms with Crippen molar-refractivity contribution in [2.75, 3.05) is 0 Å². The molecule has 0 aliphatic rings. The minimum absolute atomic E-state index is 0.0441. The van der Waals surface area contributed by atoms with Gasteiger partial charge in [-0.3, -0.25) is 4.79 Å². The average Bonchev–Trinajstić information content (AvgIpc) is 2.33. The van der Waals surface area contributed by atoms with Crippen molar-refractivity contribution in [1.82, 2.24) is 0 Å². The summed E-state index contributed by atoms with van der Waals surface area (Å²) in [5.41, 5.74) is 2.34. The van der Waals surface area contributed by atoms with Crippen LogP contribution in [0.2, 0.25) is 5.02 Å². The Bertz CT molecular complexity index is 620. The fourth-order valence-electron chi connectivity index (χ4n) is 1.75. The third-order valence-electron chi connectivity index (χ3n) is 2.95. The van der Waals surface area contributed by atoms with Crippen LogP contribution in [0.5, 0.6) is 0 Å². The first-order valence-corrected chi connectivity index (χ1v) is 5.94. The maximum Gasteiger partial charge on any atom is 0.197 e. The molecule has 0 aliphatic heterocycles. The van der Waals surface area contributed by atoms with Gasteiger partial charge in [0.1, 0.15) is 5.82 Å². The Labute approximate surface area is 110 Å². The van der Waals surface area contributed by atoms with Crippen molar-refractivity contribution >= 4 is 17.4 Å². The first-order chi connectivity index (χ1) is 8.50. The molecule has 0 fully saturated rings. The maximum atomic E-state index is 13.6. The van der Waals surface area contributed by atoms with Gasteiger partial charge in [0.25, 0.3) is 0 Å². The van der Waals surface area contributed by atoms with Gasteiger partial charge >= 0.3 is 0 Å². The van der Waals surface area contributed by atoms with Crippen molar-refractivity contribution in [3.8, 4) is 0 Å². The van der Waals surface area contributed by atoms with Gasteiger partial charge in [-0.15, -0.1) is 0 Å². The lowest BCUT2D eigenvalue weighted by Gasteiger charge is -2.08. The summed E-state index contributed by atoms with van der Waals surface area (Å²) in [6.07, 6.45) is 0. The van der Waals surface area contributed by atoms with Gasteiger partial charge in [-0.1, -0.05) is 23.7 Å². The quantitative estimate of drug-likeness (QED) is 0.737. The van der Waals surface area contributed by atoms with Gasteiger partial charge in [-0.25, -0.2) is 4.39 Å². The van der Waals surface area contributed by atoms with Crippen LogP contribution in [0, 0.1) is 19.7 Å². The molecule has 0 amide bonds. The summed E-state index contributed by atoms with van der Waals surface area (Å²) in [6, 6.07) is 9.34. The molecule has 1 nitrogen and oxygen atoms in total. The predicted octanol–water partition coefficient (Wildman–Crippen LogP) is 4.33. The van der Waals surface area contributed by atoms with Crippen LogP contribution >= 0.6 is 11.6 Å². The highest BCUT2D eigenvalue weighted by molar-refractivity contribution is 6.35. The summed E-state index contributed by atoms with van der Waals surface area (Å²) in [6.45, 7) is 3.81. The number of carbonyl (C=O) groups excluding carboxylic acids is 1. The van der Waals surface area contributed by atoms with Crippen LogP contribution in [0.1, 0.15) is 27.0 Å². The Morgan fingerprint density at radius 1 is 1.06 bits per heavy atom. The van der Waals surface area contributed by atoms with Gasteiger partial charge in [0.2, 0.25) is 0 Å². The topological polar surface area (TPSA) is 17.1 Å². The lowest BCUT2D eigenvalue weighted by atomic mass is 9.99. The summed E-state index contributed by atoms with van der Waals surface area (Å²) in [5.74, 6) is -0.919. The molecular formula is C15H12ClFO. The molecule has 0 N–H and O–H groups in total. The fraction of sp³-hybridized carbons (Fsp3) is 0.133. The Morgan fingerprint density at radius 3 is 2.33 bits per heavy atom. The zero-order valence-corrected chi connectivity index (χ0v) is 10.9. The molecule has 0 bridgehead atoms. The third kappa shape index (κ3) is 2.29. The van der Waals surface area contributed by atoms with Crippen molar-refractivity contribution in [2.45, 2.75) is 13.8 Å². The van der Waals surface area contributed by atoms with E-state index in [0.29, 0.717) is 10.6 Å². The van der Waals surface area contributed by atoms with Gasteiger partial charge < -0.3 is 0 Å². The van der Waals surface area contributed by atoms with E-state index in [1.807, 2.05) is 13.8 Å². The van der Waals surface area contributed by atoms with E-state index in [1.54, 1.807) is 24.3 Å². The van der Waals surface area contributed by atoms with E-state index in [2.05, 4.69) is 0 Å². The second-order valence-electron chi connectivity index (χ2n) is 4.23. The van der Waals surface area contributed by atoms with Crippen molar-refractivity contribution in [2.24, 2.45) is 0 Å². The smallest absolute Gasteiger partial charge is 0.197 e. The van der Waals surface area contributed by atoms with Crippen LogP contribution in [-0.4, -0.2) is 5.78 Å². The highest BCUT2D eigenvalue weighted by Gasteiger charge is 2.17. The van der Waals surface area contributed by atoms with E-state index in [4.69, 9.17) is 11.6 Å². The Kier molecular flexibility index (Phi) is 3.48.